The molecule has 1 heterocycles. The van der Waals surface area contributed by atoms with Crippen LogP contribution in [0, 0.1) is 5.92 Å². The van der Waals surface area contributed by atoms with Crippen molar-refractivity contribution in [2.24, 2.45) is 11.7 Å². The van der Waals surface area contributed by atoms with Crippen LogP contribution in [0.2, 0.25) is 5.02 Å². The van der Waals surface area contributed by atoms with Crippen LogP contribution in [0.25, 0.3) is 6.08 Å². The lowest BCUT2D eigenvalue weighted by molar-refractivity contribution is 0.252. The van der Waals surface area contributed by atoms with Crippen LogP contribution >= 0.6 is 11.6 Å². The minimum absolute atomic E-state index is 0.0849. The van der Waals surface area contributed by atoms with Crippen molar-refractivity contribution in [2.75, 3.05) is 13.1 Å². The molecule has 1 fully saturated rings. The smallest absolute Gasteiger partial charge is 0.236 e. The number of rotatable bonds is 3. The fourth-order valence-electron chi connectivity index (χ4n) is 2.18. The maximum Gasteiger partial charge on any atom is 0.236 e. The van der Waals surface area contributed by atoms with Crippen molar-refractivity contribution in [2.45, 2.75) is 19.4 Å². The standard InChI is InChI=1S/C14H19ClN2O2S/c1-11-10-17(8-6-14(11)16)20(18,19)9-7-12-2-4-13(15)5-3-12/h2-5,7,9,11,14H,6,8,10,16H2,1H3. The number of benzene rings is 1. The zero-order valence-electron chi connectivity index (χ0n) is 11.4. The number of nitrogens with zero attached hydrogens (tertiary/aromatic N) is 1. The lowest BCUT2D eigenvalue weighted by atomic mass is 9.96. The molecule has 1 aliphatic heterocycles. The van der Waals surface area contributed by atoms with Crippen LogP contribution in [-0.4, -0.2) is 31.9 Å². The molecule has 0 radical (unpaired) electrons. The van der Waals surface area contributed by atoms with Gasteiger partial charge in [0.1, 0.15) is 0 Å². The molecule has 1 saturated heterocycles. The Morgan fingerprint density at radius 2 is 2.00 bits per heavy atom. The van der Waals surface area contributed by atoms with E-state index < -0.39 is 10.0 Å². The molecule has 6 heteroatoms. The van der Waals surface area contributed by atoms with E-state index >= 15 is 0 Å². The highest BCUT2D eigenvalue weighted by molar-refractivity contribution is 7.92. The second kappa shape index (κ2) is 6.26. The third kappa shape index (κ3) is 3.82. The largest absolute Gasteiger partial charge is 0.327 e. The van der Waals surface area contributed by atoms with Crippen LogP contribution in [0.1, 0.15) is 18.9 Å². The van der Waals surface area contributed by atoms with E-state index in [4.69, 9.17) is 17.3 Å². The van der Waals surface area contributed by atoms with Gasteiger partial charge in [0, 0.05) is 29.6 Å². The molecule has 1 aromatic carbocycles. The van der Waals surface area contributed by atoms with Crippen LogP contribution in [0.3, 0.4) is 0 Å². The van der Waals surface area contributed by atoms with Crippen molar-refractivity contribution >= 4 is 27.7 Å². The Morgan fingerprint density at radius 3 is 2.60 bits per heavy atom. The van der Waals surface area contributed by atoms with E-state index in [-0.39, 0.29) is 12.0 Å². The minimum atomic E-state index is -3.38. The van der Waals surface area contributed by atoms with Gasteiger partial charge in [-0.05, 0) is 36.1 Å². The first-order valence-electron chi connectivity index (χ1n) is 6.58. The lowest BCUT2D eigenvalue weighted by Gasteiger charge is -2.33. The van der Waals surface area contributed by atoms with Crippen LogP contribution in [0.4, 0.5) is 0 Å². The van der Waals surface area contributed by atoms with E-state index in [9.17, 15) is 8.42 Å². The van der Waals surface area contributed by atoms with Gasteiger partial charge in [-0.1, -0.05) is 30.7 Å². The molecule has 0 saturated carbocycles. The first kappa shape index (κ1) is 15.5. The van der Waals surface area contributed by atoms with Gasteiger partial charge in [-0.2, -0.15) is 4.31 Å². The van der Waals surface area contributed by atoms with E-state index in [0.717, 1.165) is 5.56 Å². The summed E-state index contributed by atoms with van der Waals surface area (Å²) in [7, 11) is -3.38. The second-order valence-electron chi connectivity index (χ2n) is 5.19. The van der Waals surface area contributed by atoms with E-state index in [1.807, 2.05) is 6.92 Å². The van der Waals surface area contributed by atoms with Crippen molar-refractivity contribution < 1.29 is 8.42 Å². The first-order chi connectivity index (χ1) is 9.38. The van der Waals surface area contributed by atoms with Gasteiger partial charge in [0.05, 0.1) is 0 Å². The Kier molecular flexibility index (Phi) is 4.86. The van der Waals surface area contributed by atoms with Gasteiger partial charge in [0.15, 0.2) is 0 Å². The van der Waals surface area contributed by atoms with Crippen molar-refractivity contribution in [3.8, 4) is 0 Å². The summed E-state index contributed by atoms with van der Waals surface area (Å²) in [4.78, 5) is 0. The van der Waals surface area contributed by atoms with Crippen LogP contribution in [0.15, 0.2) is 29.7 Å². The molecule has 0 spiro atoms. The van der Waals surface area contributed by atoms with Crippen molar-refractivity contribution in [1.29, 1.82) is 0 Å². The molecule has 0 aromatic heterocycles. The zero-order valence-corrected chi connectivity index (χ0v) is 12.9. The predicted octanol–water partition coefficient (Wildman–Crippen LogP) is 2.31. The summed E-state index contributed by atoms with van der Waals surface area (Å²) in [5.41, 5.74) is 6.72. The van der Waals surface area contributed by atoms with Crippen molar-refractivity contribution in [3.05, 3.63) is 40.3 Å². The zero-order chi connectivity index (χ0) is 14.8. The molecular weight excluding hydrogens is 296 g/mol. The van der Waals surface area contributed by atoms with E-state index in [2.05, 4.69) is 0 Å². The summed E-state index contributed by atoms with van der Waals surface area (Å²) in [5, 5.41) is 1.88. The normalized spacial score (nSPS) is 25.1. The van der Waals surface area contributed by atoms with Crippen LogP contribution in [0.5, 0.6) is 0 Å². The quantitative estimate of drug-likeness (QED) is 0.931. The minimum Gasteiger partial charge on any atom is -0.327 e. The number of hydrogen-bond acceptors (Lipinski definition) is 3. The molecule has 110 valence electrons. The number of hydrogen-bond donors (Lipinski definition) is 1. The molecule has 20 heavy (non-hydrogen) atoms. The van der Waals surface area contributed by atoms with Crippen LogP contribution < -0.4 is 5.73 Å². The highest BCUT2D eigenvalue weighted by Crippen LogP contribution is 2.19. The van der Waals surface area contributed by atoms with Gasteiger partial charge in [0.25, 0.3) is 0 Å². The molecule has 0 bridgehead atoms. The van der Waals surface area contributed by atoms with Crippen molar-refractivity contribution in [3.63, 3.8) is 0 Å². The monoisotopic (exact) mass is 314 g/mol. The van der Waals surface area contributed by atoms with Gasteiger partial charge >= 0.3 is 0 Å². The fraction of sp³-hybridized carbons (Fsp3) is 0.429. The summed E-state index contributed by atoms with van der Waals surface area (Å²) in [5.74, 6) is 0.183. The van der Waals surface area contributed by atoms with E-state index in [0.29, 0.717) is 24.5 Å². The maximum absolute atomic E-state index is 12.3. The van der Waals surface area contributed by atoms with Gasteiger partial charge in [-0.15, -0.1) is 0 Å². The Morgan fingerprint density at radius 1 is 1.35 bits per heavy atom. The number of sulfonamides is 1. The van der Waals surface area contributed by atoms with Gasteiger partial charge < -0.3 is 5.73 Å². The Labute approximate surface area is 125 Å². The highest BCUT2D eigenvalue weighted by atomic mass is 35.5. The number of piperidine rings is 1. The van der Waals surface area contributed by atoms with Crippen LogP contribution in [-0.2, 0) is 10.0 Å². The topological polar surface area (TPSA) is 63.4 Å². The summed E-state index contributed by atoms with van der Waals surface area (Å²) >= 11 is 5.79. The Bertz CT molecular complexity index is 584. The molecule has 1 aromatic rings. The van der Waals surface area contributed by atoms with Gasteiger partial charge in [-0.3, -0.25) is 0 Å². The Hall–Kier alpha value is -0.880. The van der Waals surface area contributed by atoms with Gasteiger partial charge in [-0.25, -0.2) is 8.42 Å². The van der Waals surface area contributed by atoms with Crippen molar-refractivity contribution in [1.82, 2.24) is 4.31 Å². The lowest BCUT2D eigenvalue weighted by Crippen LogP contribution is -2.47. The second-order valence-corrected chi connectivity index (χ2v) is 7.44. The summed E-state index contributed by atoms with van der Waals surface area (Å²) < 4.78 is 26.0. The van der Waals surface area contributed by atoms with E-state index in [1.54, 1.807) is 30.3 Å². The van der Waals surface area contributed by atoms with Gasteiger partial charge in [0.2, 0.25) is 10.0 Å². The number of halogens is 1. The van der Waals surface area contributed by atoms with E-state index in [1.165, 1.54) is 9.71 Å². The summed E-state index contributed by atoms with van der Waals surface area (Å²) in [6.07, 6.45) is 2.29. The SMILES string of the molecule is CC1CN(S(=O)(=O)C=Cc2ccc(Cl)cc2)CCC1N. The third-order valence-electron chi connectivity index (χ3n) is 3.60. The third-order valence-corrected chi connectivity index (χ3v) is 5.38. The predicted molar refractivity (Wildman–Crippen MR) is 82.7 cm³/mol. The molecule has 4 nitrogen and oxygen atoms in total. The summed E-state index contributed by atoms with van der Waals surface area (Å²) in [6, 6.07) is 7.11. The first-order valence-corrected chi connectivity index (χ1v) is 8.46. The number of nitrogens with two attached hydrogens (primary N) is 1. The molecule has 2 atom stereocenters. The maximum atomic E-state index is 12.3. The molecule has 1 aliphatic rings. The molecule has 0 amide bonds. The average molecular weight is 315 g/mol. The molecule has 2 N–H and O–H groups in total. The molecular formula is C14H19ClN2O2S. The fourth-order valence-corrected chi connectivity index (χ4v) is 3.61. The highest BCUT2D eigenvalue weighted by Gasteiger charge is 2.29. The Balaban J connectivity index is 2.09. The average Bonchev–Trinajstić information content (AvgIpc) is 2.41. The molecule has 2 rings (SSSR count). The molecule has 2 unspecified atom stereocenters. The molecule has 0 aliphatic carbocycles. The summed E-state index contributed by atoms with van der Waals surface area (Å²) in [6.45, 7) is 2.95.